The van der Waals surface area contributed by atoms with E-state index in [4.69, 9.17) is 4.74 Å². The van der Waals surface area contributed by atoms with Crippen LogP contribution in [0.5, 0.6) is 11.5 Å². The molecule has 4 rings (SSSR count). The summed E-state index contributed by atoms with van der Waals surface area (Å²) in [4.78, 5) is -2.84. The highest BCUT2D eigenvalue weighted by Crippen LogP contribution is 3.02. The first kappa shape index (κ1) is 35.8. The molecule has 1 saturated carbocycles. The molecule has 3 aromatic rings. The summed E-state index contributed by atoms with van der Waals surface area (Å²) in [6.45, 7) is 2.16. The van der Waals surface area contributed by atoms with Crippen molar-refractivity contribution in [2.24, 2.45) is 11.8 Å². The topological polar surface area (TPSA) is 18.5 Å². The van der Waals surface area contributed by atoms with Gasteiger partial charge in [-0.25, -0.2) is 4.39 Å². The zero-order chi connectivity index (χ0) is 33.9. The van der Waals surface area contributed by atoms with Crippen LogP contribution >= 0.6 is 10.2 Å². The standard InChI is InChI=1S/C33H36F10O2S/c1-2-3-4-5-6-7-23-8-14-26(15-9-23)32(35,36)44-28-18-12-25(13-19-28)24-10-16-27(17-11-24)33(37,38)45-29-20-21-31(30(34)22-29)46(39,40,41,42)43/h10-13,16-23,26H,2-9,14-15H2,1H3. The minimum absolute atomic E-state index is 0.0493. The molecule has 0 aromatic heterocycles. The minimum Gasteiger partial charge on any atom is -0.432 e. The molecule has 1 aliphatic carbocycles. The lowest BCUT2D eigenvalue weighted by Crippen LogP contribution is -2.37. The third-order valence-corrected chi connectivity index (χ3v) is 9.43. The number of alkyl halides is 4. The van der Waals surface area contributed by atoms with Crippen molar-refractivity contribution in [1.29, 1.82) is 0 Å². The highest BCUT2D eigenvalue weighted by Gasteiger charge is 2.67. The van der Waals surface area contributed by atoms with Gasteiger partial charge in [0.25, 0.3) is 0 Å². The van der Waals surface area contributed by atoms with Crippen LogP contribution in [0, 0.1) is 17.7 Å². The number of hydrogen-bond donors (Lipinski definition) is 0. The van der Waals surface area contributed by atoms with E-state index in [0.29, 0.717) is 29.9 Å². The summed E-state index contributed by atoms with van der Waals surface area (Å²) in [7, 11) is -10.4. The molecule has 46 heavy (non-hydrogen) atoms. The van der Waals surface area contributed by atoms with Crippen molar-refractivity contribution >= 4 is 10.2 Å². The smallest absolute Gasteiger partial charge is 0.426 e. The van der Waals surface area contributed by atoms with E-state index in [9.17, 15) is 41.4 Å². The number of unbranched alkanes of at least 4 members (excludes halogenated alkanes) is 4. The van der Waals surface area contributed by atoms with Gasteiger partial charge in [-0.2, -0.15) is 17.6 Å². The molecule has 256 valence electrons. The first-order valence-corrected chi connectivity index (χ1v) is 17.1. The van der Waals surface area contributed by atoms with Gasteiger partial charge in [0.15, 0.2) is 0 Å². The van der Waals surface area contributed by atoms with Gasteiger partial charge in [0.1, 0.15) is 22.2 Å². The van der Waals surface area contributed by atoms with E-state index in [1.807, 2.05) is 0 Å². The summed E-state index contributed by atoms with van der Waals surface area (Å²) in [5.41, 5.74) is 0.135. The van der Waals surface area contributed by atoms with Crippen molar-refractivity contribution in [2.75, 3.05) is 0 Å². The normalized spacial score (nSPS) is 19.3. The third-order valence-electron chi connectivity index (χ3n) is 8.27. The van der Waals surface area contributed by atoms with E-state index in [1.54, 1.807) is 0 Å². The molecule has 13 heteroatoms. The van der Waals surface area contributed by atoms with Crippen molar-refractivity contribution in [2.45, 2.75) is 88.2 Å². The van der Waals surface area contributed by atoms with Crippen LogP contribution in [-0.4, -0.2) is 6.11 Å². The second-order valence-electron chi connectivity index (χ2n) is 11.9. The number of rotatable bonds is 14. The van der Waals surface area contributed by atoms with Crippen LogP contribution in [0.4, 0.5) is 41.4 Å². The summed E-state index contributed by atoms with van der Waals surface area (Å²) in [6.07, 6.45) is 1.73. The molecular formula is C33H36F10O2S. The predicted octanol–water partition coefficient (Wildman–Crippen LogP) is 13.4. The van der Waals surface area contributed by atoms with Crippen molar-refractivity contribution in [3.63, 3.8) is 0 Å². The Morgan fingerprint density at radius 2 is 1.22 bits per heavy atom. The van der Waals surface area contributed by atoms with Gasteiger partial charge in [0.05, 0.1) is 11.5 Å². The second kappa shape index (κ2) is 12.8. The summed E-state index contributed by atoms with van der Waals surface area (Å²) in [6, 6.07) is 9.69. The zero-order valence-corrected chi connectivity index (χ0v) is 25.9. The van der Waals surface area contributed by atoms with Crippen LogP contribution in [0.3, 0.4) is 0 Å². The van der Waals surface area contributed by atoms with Gasteiger partial charge < -0.3 is 9.47 Å². The Hall–Kier alpha value is -3.09. The molecule has 0 heterocycles. The molecule has 1 aliphatic rings. The lowest BCUT2D eigenvalue weighted by Gasteiger charge is -2.40. The molecule has 0 amide bonds. The molecule has 0 unspecified atom stereocenters. The van der Waals surface area contributed by atoms with Gasteiger partial charge in [-0.05, 0) is 79.1 Å². The molecule has 0 saturated heterocycles. The van der Waals surface area contributed by atoms with Crippen molar-refractivity contribution in [1.82, 2.24) is 0 Å². The Labute approximate surface area is 261 Å². The summed E-state index contributed by atoms with van der Waals surface area (Å²) in [5, 5.41) is 0. The molecule has 0 atom stereocenters. The monoisotopic (exact) mass is 686 g/mol. The maximum atomic E-state index is 15.0. The van der Waals surface area contributed by atoms with Gasteiger partial charge in [-0.1, -0.05) is 89.1 Å². The summed E-state index contributed by atoms with van der Waals surface area (Å²) < 4.78 is 147. The Morgan fingerprint density at radius 1 is 0.674 bits per heavy atom. The maximum absolute atomic E-state index is 15.0. The van der Waals surface area contributed by atoms with Crippen molar-refractivity contribution < 1.29 is 50.9 Å². The zero-order valence-electron chi connectivity index (χ0n) is 25.1. The average Bonchev–Trinajstić information content (AvgIpc) is 2.96. The SMILES string of the molecule is CCCCCCCC1CCC(C(F)(F)Oc2ccc(-c3ccc(C(F)(F)Oc4ccc(S(F)(F)(F)(F)F)c(F)c4)cc3)cc2)CC1. The van der Waals surface area contributed by atoms with Crippen LogP contribution in [0.25, 0.3) is 11.1 Å². The summed E-state index contributed by atoms with van der Waals surface area (Å²) >= 11 is 0. The van der Waals surface area contributed by atoms with Crippen LogP contribution in [0.1, 0.15) is 76.7 Å². The van der Waals surface area contributed by atoms with Crippen molar-refractivity contribution in [3.8, 4) is 22.6 Å². The van der Waals surface area contributed by atoms with Crippen molar-refractivity contribution in [3.05, 3.63) is 78.1 Å². The maximum Gasteiger partial charge on any atom is 0.426 e. The van der Waals surface area contributed by atoms with Gasteiger partial charge in [0.2, 0.25) is 0 Å². The number of halogens is 10. The van der Waals surface area contributed by atoms with Crippen LogP contribution in [0.2, 0.25) is 0 Å². The first-order chi connectivity index (χ1) is 21.3. The molecule has 2 nitrogen and oxygen atoms in total. The number of hydrogen-bond acceptors (Lipinski definition) is 2. The Morgan fingerprint density at radius 3 is 1.76 bits per heavy atom. The van der Waals surface area contributed by atoms with Crippen LogP contribution in [0.15, 0.2) is 71.6 Å². The second-order valence-corrected chi connectivity index (χ2v) is 14.2. The Kier molecular flexibility index (Phi) is 9.98. The van der Waals surface area contributed by atoms with Gasteiger partial charge >= 0.3 is 22.4 Å². The van der Waals surface area contributed by atoms with Gasteiger partial charge in [-0.15, -0.1) is 0 Å². The molecule has 0 aliphatic heterocycles. The number of ether oxygens (including phenoxy) is 2. The van der Waals surface area contributed by atoms with Crippen LogP contribution in [-0.2, 0) is 6.11 Å². The molecule has 0 bridgehead atoms. The fourth-order valence-corrected chi connectivity index (χ4v) is 6.45. The van der Waals surface area contributed by atoms with Crippen LogP contribution < -0.4 is 9.47 Å². The third kappa shape index (κ3) is 9.48. The fourth-order valence-electron chi connectivity index (χ4n) is 5.70. The van der Waals surface area contributed by atoms with E-state index in [1.165, 1.54) is 62.1 Å². The highest BCUT2D eigenvalue weighted by atomic mass is 32.5. The molecule has 0 N–H and O–H groups in total. The highest BCUT2D eigenvalue weighted by molar-refractivity contribution is 8.45. The molecular weight excluding hydrogens is 650 g/mol. The molecule has 1 fully saturated rings. The minimum atomic E-state index is -10.4. The Bertz CT molecular complexity index is 1450. The Balaban J connectivity index is 1.33. The molecule has 0 spiro atoms. The lowest BCUT2D eigenvalue weighted by molar-refractivity contribution is -0.223. The van der Waals surface area contributed by atoms with Gasteiger partial charge in [0, 0.05) is 6.07 Å². The van der Waals surface area contributed by atoms with E-state index < -0.39 is 50.4 Å². The summed E-state index contributed by atoms with van der Waals surface area (Å²) in [5.74, 6) is -4.03. The average molecular weight is 687 g/mol. The quantitative estimate of drug-likeness (QED) is 0.124. The first-order valence-electron chi connectivity index (χ1n) is 15.2. The fraction of sp³-hybridized carbons (Fsp3) is 0.455. The van der Waals surface area contributed by atoms with E-state index in [-0.39, 0.29) is 23.9 Å². The predicted molar refractivity (Wildman–Crippen MR) is 159 cm³/mol. The molecule has 3 aromatic carbocycles. The van der Waals surface area contributed by atoms with Gasteiger partial charge in [-0.3, -0.25) is 0 Å². The lowest BCUT2D eigenvalue weighted by atomic mass is 9.79. The largest absolute Gasteiger partial charge is 0.432 e. The molecule has 0 radical (unpaired) electrons. The van der Waals surface area contributed by atoms with E-state index in [0.717, 1.165) is 37.8 Å². The van der Waals surface area contributed by atoms with E-state index >= 15 is 0 Å². The van der Waals surface area contributed by atoms with E-state index in [2.05, 4.69) is 11.7 Å². The number of benzene rings is 3.